The Morgan fingerprint density at radius 2 is 2.19 bits per heavy atom. The third kappa shape index (κ3) is 3.62. The molecule has 0 radical (unpaired) electrons. The zero-order valence-corrected chi connectivity index (χ0v) is 9.25. The SMILES string of the molecule is CCCCNCCn1cc(F)c(=O)[nH]c1=O. The Kier molecular flexibility index (Phi) is 4.91. The van der Waals surface area contributed by atoms with Gasteiger partial charge in [0.15, 0.2) is 0 Å². The Morgan fingerprint density at radius 3 is 2.88 bits per heavy atom. The molecule has 1 aromatic heterocycles. The summed E-state index contributed by atoms with van der Waals surface area (Å²) in [6.07, 6.45) is 3.10. The molecule has 0 unspecified atom stereocenters. The summed E-state index contributed by atoms with van der Waals surface area (Å²) in [5.41, 5.74) is -1.55. The van der Waals surface area contributed by atoms with Crippen molar-refractivity contribution in [3.8, 4) is 0 Å². The van der Waals surface area contributed by atoms with Crippen molar-refractivity contribution < 1.29 is 4.39 Å². The zero-order chi connectivity index (χ0) is 12.0. The Hall–Kier alpha value is -1.43. The third-order valence-electron chi connectivity index (χ3n) is 2.20. The molecule has 0 bridgehead atoms. The van der Waals surface area contributed by atoms with Gasteiger partial charge < -0.3 is 5.32 Å². The van der Waals surface area contributed by atoms with Gasteiger partial charge in [-0.05, 0) is 13.0 Å². The second kappa shape index (κ2) is 6.22. The highest BCUT2D eigenvalue weighted by atomic mass is 19.1. The van der Waals surface area contributed by atoms with E-state index < -0.39 is 17.1 Å². The van der Waals surface area contributed by atoms with Crippen LogP contribution in [0.2, 0.25) is 0 Å². The van der Waals surface area contributed by atoms with E-state index in [-0.39, 0.29) is 0 Å². The summed E-state index contributed by atoms with van der Waals surface area (Å²) in [5, 5.41) is 3.12. The quantitative estimate of drug-likeness (QED) is 0.678. The summed E-state index contributed by atoms with van der Waals surface area (Å²) < 4.78 is 14.0. The summed E-state index contributed by atoms with van der Waals surface area (Å²) in [7, 11) is 0. The minimum Gasteiger partial charge on any atom is -0.315 e. The molecule has 0 saturated heterocycles. The molecule has 0 aliphatic rings. The number of aromatic nitrogens is 2. The molecule has 0 atom stereocenters. The zero-order valence-electron chi connectivity index (χ0n) is 9.25. The Labute approximate surface area is 92.3 Å². The van der Waals surface area contributed by atoms with Gasteiger partial charge in [-0.2, -0.15) is 4.39 Å². The van der Waals surface area contributed by atoms with E-state index in [1.54, 1.807) is 0 Å². The van der Waals surface area contributed by atoms with Gasteiger partial charge in [-0.15, -0.1) is 0 Å². The molecule has 5 nitrogen and oxygen atoms in total. The maximum Gasteiger partial charge on any atom is 0.328 e. The van der Waals surface area contributed by atoms with Crippen molar-refractivity contribution in [2.45, 2.75) is 26.3 Å². The van der Waals surface area contributed by atoms with Gasteiger partial charge in [-0.25, -0.2) is 4.79 Å². The fourth-order valence-electron chi connectivity index (χ4n) is 1.28. The van der Waals surface area contributed by atoms with Crippen LogP contribution in [0.15, 0.2) is 15.8 Å². The highest BCUT2D eigenvalue weighted by molar-refractivity contribution is 4.87. The topological polar surface area (TPSA) is 66.9 Å². The number of aromatic amines is 1. The van der Waals surface area contributed by atoms with Crippen molar-refractivity contribution in [1.29, 1.82) is 0 Å². The predicted octanol–water partition coefficient (Wildman–Crippen LogP) is 0.0654. The first-order valence-electron chi connectivity index (χ1n) is 5.35. The molecule has 1 heterocycles. The number of hydrogen-bond donors (Lipinski definition) is 2. The molecule has 0 aliphatic heterocycles. The van der Waals surface area contributed by atoms with Crippen LogP contribution in [-0.4, -0.2) is 22.6 Å². The lowest BCUT2D eigenvalue weighted by atomic mass is 10.3. The molecule has 0 fully saturated rings. The highest BCUT2D eigenvalue weighted by Crippen LogP contribution is 1.85. The smallest absolute Gasteiger partial charge is 0.315 e. The lowest BCUT2D eigenvalue weighted by molar-refractivity contribution is 0.525. The second-order valence-corrected chi connectivity index (χ2v) is 3.53. The van der Waals surface area contributed by atoms with E-state index in [0.717, 1.165) is 30.2 Å². The molecule has 0 spiro atoms. The van der Waals surface area contributed by atoms with Crippen LogP contribution >= 0.6 is 0 Å². The van der Waals surface area contributed by atoms with Gasteiger partial charge in [-0.1, -0.05) is 13.3 Å². The first-order chi connectivity index (χ1) is 7.65. The van der Waals surface area contributed by atoms with E-state index in [4.69, 9.17) is 0 Å². The van der Waals surface area contributed by atoms with Crippen LogP contribution in [0.25, 0.3) is 0 Å². The Balaban J connectivity index is 2.51. The predicted molar refractivity (Wildman–Crippen MR) is 59.1 cm³/mol. The molecule has 1 rings (SSSR count). The van der Waals surface area contributed by atoms with Crippen LogP contribution in [0.3, 0.4) is 0 Å². The van der Waals surface area contributed by atoms with Crippen LogP contribution in [0.5, 0.6) is 0 Å². The highest BCUT2D eigenvalue weighted by Gasteiger charge is 2.02. The third-order valence-corrected chi connectivity index (χ3v) is 2.20. The van der Waals surface area contributed by atoms with Crippen molar-refractivity contribution in [2.75, 3.05) is 13.1 Å². The maximum atomic E-state index is 12.9. The molecule has 16 heavy (non-hydrogen) atoms. The fourth-order valence-corrected chi connectivity index (χ4v) is 1.28. The van der Waals surface area contributed by atoms with Gasteiger partial charge in [-0.3, -0.25) is 14.3 Å². The van der Waals surface area contributed by atoms with Gasteiger partial charge in [0.2, 0.25) is 5.82 Å². The average molecular weight is 229 g/mol. The fraction of sp³-hybridized carbons (Fsp3) is 0.600. The van der Waals surface area contributed by atoms with Crippen LogP contribution in [-0.2, 0) is 6.54 Å². The molecule has 90 valence electrons. The van der Waals surface area contributed by atoms with Gasteiger partial charge in [0, 0.05) is 13.1 Å². The second-order valence-electron chi connectivity index (χ2n) is 3.53. The monoisotopic (exact) mass is 229 g/mol. The molecule has 1 aromatic rings. The number of nitrogens with zero attached hydrogens (tertiary/aromatic N) is 1. The van der Waals surface area contributed by atoms with Gasteiger partial charge >= 0.3 is 5.69 Å². The van der Waals surface area contributed by atoms with Crippen LogP contribution in [0.4, 0.5) is 4.39 Å². The van der Waals surface area contributed by atoms with Crippen molar-refractivity contribution in [3.63, 3.8) is 0 Å². The van der Waals surface area contributed by atoms with E-state index in [1.807, 2.05) is 4.98 Å². The molecule has 2 N–H and O–H groups in total. The largest absolute Gasteiger partial charge is 0.328 e. The minimum atomic E-state index is -0.972. The molecule has 0 amide bonds. The molecule has 6 heteroatoms. The van der Waals surface area contributed by atoms with E-state index in [9.17, 15) is 14.0 Å². The molecule has 0 saturated carbocycles. The van der Waals surface area contributed by atoms with Crippen LogP contribution < -0.4 is 16.6 Å². The maximum absolute atomic E-state index is 12.9. The molecular weight excluding hydrogens is 213 g/mol. The normalized spacial score (nSPS) is 10.6. The number of halogens is 1. The minimum absolute atomic E-state index is 0.343. The molecule has 0 aliphatic carbocycles. The van der Waals surface area contributed by atoms with Crippen LogP contribution in [0.1, 0.15) is 19.8 Å². The summed E-state index contributed by atoms with van der Waals surface area (Å²) in [6, 6.07) is 0. The first kappa shape index (κ1) is 12.6. The molecular formula is C10H16FN3O2. The van der Waals surface area contributed by atoms with Crippen molar-refractivity contribution in [2.24, 2.45) is 0 Å². The number of nitrogens with one attached hydrogen (secondary N) is 2. The van der Waals surface area contributed by atoms with E-state index in [2.05, 4.69) is 12.2 Å². The van der Waals surface area contributed by atoms with Crippen molar-refractivity contribution in [1.82, 2.24) is 14.9 Å². The van der Waals surface area contributed by atoms with Gasteiger partial charge in [0.05, 0.1) is 6.20 Å². The van der Waals surface area contributed by atoms with Crippen molar-refractivity contribution in [3.05, 3.63) is 32.9 Å². The summed E-state index contributed by atoms with van der Waals surface area (Å²) in [5.74, 6) is -0.937. The summed E-state index contributed by atoms with van der Waals surface area (Å²) in [4.78, 5) is 23.9. The number of rotatable bonds is 6. The Morgan fingerprint density at radius 1 is 1.44 bits per heavy atom. The van der Waals surface area contributed by atoms with Gasteiger partial charge in [0.25, 0.3) is 5.56 Å². The standard InChI is InChI=1S/C10H16FN3O2/c1-2-3-4-12-5-6-14-7-8(11)9(15)13-10(14)16/h7,12H,2-6H2,1H3,(H,13,15,16). The number of H-pyrrole nitrogens is 1. The lowest BCUT2D eigenvalue weighted by Crippen LogP contribution is -2.34. The average Bonchev–Trinajstić information content (AvgIpc) is 2.25. The van der Waals surface area contributed by atoms with Crippen molar-refractivity contribution >= 4 is 0 Å². The van der Waals surface area contributed by atoms with E-state index in [0.29, 0.717) is 13.1 Å². The number of unbranched alkanes of at least 4 members (excludes halogenated alkanes) is 1. The summed E-state index contributed by atoms with van der Waals surface area (Å²) >= 11 is 0. The van der Waals surface area contributed by atoms with Gasteiger partial charge in [0.1, 0.15) is 0 Å². The lowest BCUT2D eigenvalue weighted by Gasteiger charge is -2.06. The summed E-state index contributed by atoms with van der Waals surface area (Å²) in [6.45, 7) is 3.88. The van der Waals surface area contributed by atoms with E-state index in [1.165, 1.54) is 0 Å². The molecule has 0 aromatic carbocycles. The Bertz CT molecular complexity index is 438. The van der Waals surface area contributed by atoms with E-state index >= 15 is 0 Å². The first-order valence-corrected chi connectivity index (χ1v) is 5.35. The van der Waals surface area contributed by atoms with Crippen LogP contribution in [0, 0.1) is 5.82 Å². The number of hydrogen-bond acceptors (Lipinski definition) is 3.